The van der Waals surface area contributed by atoms with Gasteiger partial charge in [-0.2, -0.15) is 0 Å². The molecule has 0 unspecified atom stereocenters. The number of nitrogens with two attached hydrogens (primary N) is 1. The van der Waals surface area contributed by atoms with Gasteiger partial charge in [-0.1, -0.05) is 30.3 Å². The number of benzene rings is 1. The molecule has 2 rings (SSSR count). The molecule has 3 heteroatoms. The molecular weight excluding hydrogens is 224 g/mol. The van der Waals surface area contributed by atoms with E-state index in [1.165, 1.54) is 5.56 Å². The molecule has 0 aliphatic rings. The predicted molar refractivity (Wildman–Crippen MR) is 73.0 cm³/mol. The van der Waals surface area contributed by atoms with E-state index in [0.717, 1.165) is 16.8 Å². The van der Waals surface area contributed by atoms with Crippen molar-refractivity contribution in [3.63, 3.8) is 0 Å². The van der Waals surface area contributed by atoms with Gasteiger partial charge in [0, 0.05) is 25.4 Å². The highest BCUT2D eigenvalue weighted by atomic mass is 16.5. The maximum Gasteiger partial charge on any atom is 0.0793 e. The molecule has 0 aliphatic carbocycles. The monoisotopic (exact) mass is 242 g/mol. The molecule has 1 aromatic carbocycles. The fourth-order valence-electron chi connectivity index (χ4n) is 1.78. The number of hydrogen-bond acceptors (Lipinski definition) is 3. The molecule has 2 N–H and O–H groups in total. The molecule has 0 aliphatic heterocycles. The molecule has 0 fully saturated rings. The van der Waals surface area contributed by atoms with Crippen molar-refractivity contribution in [1.82, 2.24) is 4.98 Å². The van der Waals surface area contributed by atoms with E-state index >= 15 is 0 Å². The molecule has 0 saturated heterocycles. The molecular formula is C15H18N2O. The summed E-state index contributed by atoms with van der Waals surface area (Å²) < 4.78 is 5.28. The summed E-state index contributed by atoms with van der Waals surface area (Å²) in [5, 5.41) is 0. The SMILES string of the molecule is CO[C@H](C)c1ccc(-c2ccc(CN)cn2)cc1. The maximum atomic E-state index is 5.55. The molecule has 0 radical (unpaired) electrons. The normalized spacial score (nSPS) is 12.4. The second kappa shape index (κ2) is 5.76. The summed E-state index contributed by atoms with van der Waals surface area (Å²) in [5.41, 5.74) is 9.83. The Hall–Kier alpha value is -1.71. The van der Waals surface area contributed by atoms with Gasteiger partial charge in [-0.25, -0.2) is 0 Å². The zero-order chi connectivity index (χ0) is 13.0. The van der Waals surface area contributed by atoms with Crippen molar-refractivity contribution < 1.29 is 4.74 Å². The van der Waals surface area contributed by atoms with E-state index in [1.54, 1.807) is 7.11 Å². The quantitative estimate of drug-likeness (QED) is 0.896. The first-order valence-electron chi connectivity index (χ1n) is 6.02. The van der Waals surface area contributed by atoms with E-state index < -0.39 is 0 Å². The van der Waals surface area contributed by atoms with E-state index in [9.17, 15) is 0 Å². The summed E-state index contributed by atoms with van der Waals surface area (Å²) in [4.78, 5) is 4.40. The highest BCUT2D eigenvalue weighted by molar-refractivity contribution is 5.59. The van der Waals surface area contributed by atoms with E-state index in [1.807, 2.05) is 25.3 Å². The van der Waals surface area contributed by atoms with Gasteiger partial charge in [-0.3, -0.25) is 4.98 Å². The molecule has 1 heterocycles. The second-order valence-corrected chi connectivity index (χ2v) is 4.26. The van der Waals surface area contributed by atoms with E-state index in [-0.39, 0.29) is 6.10 Å². The largest absolute Gasteiger partial charge is 0.377 e. The first-order chi connectivity index (χ1) is 8.74. The third-order valence-electron chi connectivity index (χ3n) is 3.09. The Kier molecular flexibility index (Phi) is 4.07. The standard InChI is InChI=1S/C15H18N2O/c1-11(18-2)13-4-6-14(7-5-13)15-8-3-12(9-16)10-17-15/h3-8,10-11H,9,16H2,1-2H3/t11-/m1/s1. The van der Waals surface area contributed by atoms with Crippen molar-refractivity contribution in [2.24, 2.45) is 5.73 Å². The molecule has 3 nitrogen and oxygen atoms in total. The van der Waals surface area contributed by atoms with Crippen LogP contribution in [0.25, 0.3) is 11.3 Å². The highest BCUT2D eigenvalue weighted by Crippen LogP contribution is 2.21. The van der Waals surface area contributed by atoms with Crippen LogP contribution in [-0.2, 0) is 11.3 Å². The van der Waals surface area contributed by atoms with Crippen LogP contribution in [0.5, 0.6) is 0 Å². The number of methoxy groups -OCH3 is 1. The van der Waals surface area contributed by atoms with Gasteiger partial charge in [0.15, 0.2) is 0 Å². The summed E-state index contributed by atoms with van der Waals surface area (Å²) >= 11 is 0. The summed E-state index contributed by atoms with van der Waals surface area (Å²) in [7, 11) is 1.71. The predicted octanol–water partition coefficient (Wildman–Crippen LogP) is 2.91. The van der Waals surface area contributed by atoms with Gasteiger partial charge in [0.1, 0.15) is 0 Å². The van der Waals surface area contributed by atoms with Crippen LogP contribution >= 0.6 is 0 Å². The first kappa shape index (κ1) is 12.7. The molecule has 2 aromatic rings. The number of pyridine rings is 1. The molecule has 18 heavy (non-hydrogen) atoms. The zero-order valence-electron chi connectivity index (χ0n) is 10.8. The minimum atomic E-state index is 0.117. The van der Waals surface area contributed by atoms with Crippen LogP contribution in [0.4, 0.5) is 0 Å². The third-order valence-corrected chi connectivity index (χ3v) is 3.09. The van der Waals surface area contributed by atoms with Gasteiger partial charge in [0.05, 0.1) is 11.8 Å². The van der Waals surface area contributed by atoms with Crippen molar-refractivity contribution in [3.05, 3.63) is 53.7 Å². The van der Waals surface area contributed by atoms with Crippen LogP contribution in [0.3, 0.4) is 0 Å². The summed E-state index contributed by atoms with van der Waals surface area (Å²) in [6.07, 6.45) is 1.94. The maximum absolute atomic E-state index is 5.55. The lowest BCUT2D eigenvalue weighted by molar-refractivity contribution is 0.119. The number of hydrogen-bond donors (Lipinski definition) is 1. The lowest BCUT2D eigenvalue weighted by Crippen LogP contribution is -1.97. The van der Waals surface area contributed by atoms with Crippen LogP contribution < -0.4 is 5.73 Å². The fraction of sp³-hybridized carbons (Fsp3) is 0.267. The minimum Gasteiger partial charge on any atom is -0.377 e. The Morgan fingerprint density at radius 2 is 1.89 bits per heavy atom. The van der Waals surface area contributed by atoms with Crippen molar-refractivity contribution >= 4 is 0 Å². The van der Waals surface area contributed by atoms with Gasteiger partial charge in [-0.15, -0.1) is 0 Å². The van der Waals surface area contributed by atoms with Crippen LogP contribution in [0.1, 0.15) is 24.2 Å². The van der Waals surface area contributed by atoms with Gasteiger partial charge < -0.3 is 10.5 Å². The van der Waals surface area contributed by atoms with Gasteiger partial charge in [0.2, 0.25) is 0 Å². The topological polar surface area (TPSA) is 48.1 Å². The Labute approximate surface area is 108 Å². The fourth-order valence-corrected chi connectivity index (χ4v) is 1.78. The zero-order valence-corrected chi connectivity index (χ0v) is 10.8. The van der Waals surface area contributed by atoms with Crippen molar-refractivity contribution in [2.75, 3.05) is 7.11 Å². The van der Waals surface area contributed by atoms with E-state index in [4.69, 9.17) is 10.5 Å². The van der Waals surface area contributed by atoms with Crippen molar-refractivity contribution in [3.8, 4) is 11.3 Å². The Balaban J connectivity index is 2.22. The number of nitrogens with zero attached hydrogens (tertiary/aromatic N) is 1. The Bertz CT molecular complexity index is 491. The Morgan fingerprint density at radius 1 is 1.17 bits per heavy atom. The molecule has 0 amide bonds. The Morgan fingerprint density at radius 3 is 2.39 bits per heavy atom. The summed E-state index contributed by atoms with van der Waals surface area (Å²) in [5.74, 6) is 0. The average molecular weight is 242 g/mol. The number of ether oxygens (including phenoxy) is 1. The lowest BCUT2D eigenvalue weighted by atomic mass is 10.1. The molecule has 94 valence electrons. The van der Waals surface area contributed by atoms with Crippen LogP contribution in [0.15, 0.2) is 42.6 Å². The molecule has 1 aromatic heterocycles. The minimum absolute atomic E-state index is 0.117. The average Bonchev–Trinajstić information content (AvgIpc) is 2.47. The van der Waals surface area contributed by atoms with E-state index in [2.05, 4.69) is 29.2 Å². The van der Waals surface area contributed by atoms with Crippen LogP contribution in [0.2, 0.25) is 0 Å². The highest BCUT2D eigenvalue weighted by Gasteiger charge is 2.04. The molecule has 0 saturated carbocycles. The molecule has 0 bridgehead atoms. The van der Waals surface area contributed by atoms with Crippen LogP contribution in [-0.4, -0.2) is 12.1 Å². The van der Waals surface area contributed by atoms with Gasteiger partial charge in [0.25, 0.3) is 0 Å². The molecule has 0 spiro atoms. The van der Waals surface area contributed by atoms with E-state index in [0.29, 0.717) is 6.54 Å². The van der Waals surface area contributed by atoms with Gasteiger partial charge >= 0.3 is 0 Å². The summed E-state index contributed by atoms with van der Waals surface area (Å²) in [6.45, 7) is 2.56. The summed E-state index contributed by atoms with van der Waals surface area (Å²) in [6, 6.07) is 12.3. The van der Waals surface area contributed by atoms with Crippen LogP contribution in [0, 0.1) is 0 Å². The molecule has 1 atom stereocenters. The van der Waals surface area contributed by atoms with Crippen molar-refractivity contribution in [2.45, 2.75) is 19.6 Å². The smallest absolute Gasteiger partial charge is 0.0793 e. The first-order valence-corrected chi connectivity index (χ1v) is 6.02. The van der Waals surface area contributed by atoms with Crippen molar-refractivity contribution in [1.29, 1.82) is 0 Å². The second-order valence-electron chi connectivity index (χ2n) is 4.26. The third kappa shape index (κ3) is 2.75. The van der Waals surface area contributed by atoms with Gasteiger partial charge in [-0.05, 0) is 24.1 Å². The lowest BCUT2D eigenvalue weighted by Gasteiger charge is -2.10. The number of rotatable bonds is 4. The number of aromatic nitrogens is 1.